The van der Waals surface area contributed by atoms with Gasteiger partial charge in [0.15, 0.2) is 0 Å². The molecule has 1 rings (SSSR count). The Balaban J connectivity index is 2.39. The van der Waals surface area contributed by atoms with Crippen LogP contribution < -0.4 is 5.32 Å². The van der Waals surface area contributed by atoms with Gasteiger partial charge in [0.1, 0.15) is 11.4 Å². The smallest absolute Gasteiger partial charge is 0.341 e. The molecule has 6 heteroatoms. The summed E-state index contributed by atoms with van der Waals surface area (Å²) in [7, 11) is 1.76. The van der Waals surface area contributed by atoms with Crippen molar-refractivity contribution in [1.82, 2.24) is 9.78 Å². The van der Waals surface area contributed by atoms with Crippen LogP contribution in [0.2, 0.25) is 0 Å². The van der Waals surface area contributed by atoms with Gasteiger partial charge in [-0.3, -0.25) is 4.68 Å². The molecular weight excluding hydrogens is 262 g/mol. The number of carboxylic acids is 1. The molecule has 0 unspecified atom stereocenters. The summed E-state index contributed by atoms with van der Waals surface area (Å²) in [5, 5.41) is 16.5. The highest BCUT2D eigenvalue weighted by Gasteiger charge is 2.18. The minimum Gasteiger partial charge on any atom is -0.477 e. The Labute approximate surface area is 118 Å². The highest BCUT2D eigenvalue weighted by Crippen LogP contribution is 2.18. The number of aryl methyl sites for hydroxylation is 2. The fraction of sp³-hybridized carbons (Fsp3) is 0.692. The minimum absolute atomic E-state index is 0.282. The number of aromatic carboxylic acids is 1. The van der Waals surface area contributed by atoms with E-state index in [2.05, 4.69) is 16.7 Å². The molecule has 0 spiro atoms. The van der Waals surface area contributed by atoms with Crippen LogP contribution in [-0.4, -0.2) is 39.4 Å². The lowest BCUT2D eigenvalue weighted by molar-refractivity contribution is 0.0697. The minimum atomic E-state index is -0.923. The molecule has 0 aliphatic carbocycles. The van der Waals surface area contributed by atoms with Crippen molar-refractivity contribution < 1.29 is 9.90 Å². The van der Waals surface area contributed by atoms with Crippen LogP contribution in [0.4, 0.5) is 5.82 Å². The molecule has 0 aromatic carbocycles. The largest absolute Gasteiger partial charge is 0.477 e. The lowest BCUT2D eigenvalue weighted by Crippen LogP contribution is -2.10. The summed E-state index contributed by atoms with van der Waals surface area (Å²) in [6.45, 7) is 2.51. The number of hydrogen-bond donors (Lipinski definition) is 2. The van der Waals surface area contributed by atoms with Gasteiger partial charge in [0, 0.05) is 13.6 Å². The van der Waals surface area contributed by atoms with Crippen LogP contribution in [0.5, 0.6) is 0 Å². The molecule has 0 fully saturated rings. The van der Waals surface area contributed by atoms with Crippen molar-refractivity contribution >= 4 is 23.5 Å². The lowest BCUT2D eigenvalue weighted by atomic mass is 10.2. The predicted molar refractivity (Wildman–Crippen MR) is 80.2 cm³/mol. The molecule has 19 heavy (non-hydrogen) atoms. The zero-order chi connectivity index (χ0) is 14.3. The van der Waals surface area contributed by atoms with Crippen molar-refractivity contribution in [2.24, 2.45) is 7.05 Å². The first-order chi connectivity index (χ1) is 9.07. The Hall–Kier alpha value is -1.17. The Kier molecular flexibility index (Phi) is 6.77. The van der Waals surface area contributed by atoms with Crippen molar-refractivity contribution in [1.29, 1.82) is 0 Å². The number of hydrogen-bond acceptors (Lipinski definition) is 4. The topological polar surface area (TPSA) is 67.2 Å². The van der Waals surface area contributed by atoms with Crippen molar-refractivity contribution in [2.75, 3.05) is 23.9 Å². The number of carboxylic acid groups (broad SMARTS) is 1. The average molecular weight is 285 g/mol. The van der Waals surface area contributed by atoms with Crippen LogP contribution in [-0.2, 0) is 7.05 Å². The molecule has 0 radical (unpaired) electrons. The molecule has 1 heterocycles. The summed E-state index contributed by atoms with van der Waals surface area (Å²) in [6, 6.07) is 0. The molecule has 0 amide bonds. The summed E-state index contributed by atoms with van der Waals surface area (Å²) in [5.41, 5.74) is 0.836. The summed E-state index contributed by atoms with van der Waals surface area (Å²) in [4.78, 5) is 11.2. The van der Waals surface area contributed by atoms with Crippen LogP contribution in [0.3, 0.4) is 0 Å². The van der Waals surface area contributed by atoms with Crippen LogP contribution in [0.15, 0.2) is 0 Å². The fourth-order valence-corrected chi connectivity index (χ4v) is 2.54. The molecule has 1 aromatic heterocycles. The summed E-state index contributed by atoms with van der Waals surface area (Å²) >= 11 is 1.88. The number of unbranched alkanes of at least 4 members (excludes halogenated alkanes) is 3. The molecule has 0 bridgehead atoms. The Morgan fingerprint density at radius 3 is 2.68 bits per heavy atom. The van der Waals surface area contributed by atoms with Gasteiger partial charge in [0.05, 0.1) is 5.69 Å². The molecule has 1 aromatic rings. The lowest BCUT2D eigenvalue weighted by Gasteiger charge is -2.07. The third kappa shape index (κ3) is 4.78. The van der Waals surface area contributed by atoms with Crippen LogP contribution in [0.1, 0.15) is 41.7 Å². The Morgan fingerprint density at radius 1 is 1.37 bits per heavy atom. The average Bonchev–Trinajstić information content (AvgIpc) is 2.63. The van der Waals surface area contributed by atoms with Crippen molar-refractivity contribution in [2.45, 2.75) is 32.6 Å². The van der Waals surface area contributed by atoms with Crippen molar-refractivity contribution in [3.05, 3.63) is 11.3 Å². The first-order valence-corrected chi connectivity index (χ1v) is 7.97. The quantitative estimate of drug-likeness (QED) is 0.683. The third-order valence-electron chi connectivity index (χ3n) is 3.00. The van der Waals surface area contributed by atoms with E-state index in [1.54, 1.807) is 18.7 Å². The van der Waals surface area contributed by atoms with E-state index in [4.69, 9.17) is 5.11 Å². The van der Waals surface area contributed by atoms with E-state index in [9.17, 15) is 4.79 Å². The highest BCUT2D eigenvalue weighted by molar-refractivity contribution is 7.98. The van der Waals surface area contributed by atoms with Crippen molar-refractivity contribution in [3.63, 3.8) is 0 Å². The maximum absolute atomic E-state index is 11.2. The van der Waals surface area contributed by atoms with Gasteiger partial charge < -0.3 is 10.4 Å². The first kappa shape index (κ1) is 15.9. The van der Waals surface area contributed by atoms with E-state index < -0.39 is 5.97 Å². The molecule has 0 atom stereocenters. The van der Waals surface area contributed by atoms with Crippen LogP contribution in [0.25, 0.3) is 0 Å². The van der Waals surface area contributed by atoms with Gasteiger partial charge in [0.25, 0.3) is 0 Å². The van der Waals surface area contributed by atoms with Gasteiger partial charge in [-0.15, -0.1) is 0 Å². The molecule has 0 aliphatic heterocycles. The summed E-state index contributed by atoms with van der Waals surface area (Å²) in [5.74, 6) is 0.902. The number of aromatic nitrogens is 2. The number of nitrogens with zero attached hydrogens (tertiary/aromatic N) is 2. The zero-order valence-corrected chi connectivity index (χ0v) is 12.7. The molecule has 0 saturated heterocycles. The highest BCUT2D eigenvalue weighted by atomic mass is 32.2. The van der Waals surface area contributed by atoms with E-state index in [1.165, 1.54) is 25.0 Å². The second-order valence-corrected chi connectivity index (χ2v) is 5.56. The predicted octanol–water partition coefficient (Wildman–Crippen LogP) is 2.76. The van der Waals surface area contributed by atoms with E-state index in [0.29, 0.717) is 11.5 Å². The molecule has 2 N–H and O–H groups in total. The van der Waals surface area contributed by atoms with Gasteiger partial charge in [0.2, 0.25) is 0 Å². The van der Waals surface area contributed by atoms with E-state index in [1.807, 2.05) is 11.8 Å². The Bertz CT molecular complexity index is 418. The van der Waals surface area contributed by atoms with E-state index in [-0.39, 0.29) is 5.56 Å². The number of anilines is 1. The first-order valence-electron chi connectivity index (χ1n) is 6.57. The molecule has 0 saturated carbocycles. The second kappa shape index (κ2) is 8.09. The standard InChI is InChI=1S/C13H23N3O2S/c1-10-11(13(17)18)12(16(2)15-10)14-8-6-4-5-7-9-19-3/h14H,4-9H2,1-3H3,(H,17,18). The van der Waals surface area contributed by atoms with Crippen LogP contribution in [0, 0.1) is 6.92 Å². The number of carbonyl (C=O) groups is 1. The van der Waals surface area contributed by atoms with Gasteiger partial charge in [-0.1, -0.05) is 12.8 Å². The normalized spacial score (nSPS) is 10.7. The van der Waals surface area contributed by atoms with E-state index >= 15 is 0 Å². The maximum atomic E-state index is 11.2. The fourth-order valence-electron chi connectivity index (χ4n) is 2.05. The molecule has 0 aliphatic rings. The van der Waals surface area contributed by atoms with Crippen LogP contribution >= 0.6 is 11.8 Å². The van der Waals surface area contributed by atoms with Gasteiger partial charge in [-0.05, 0) is 31.8 Å². The van der Waals surface area contributed by atoms with Gasteiger partial charge >= 0.3 is 5.97 Å². The number of nitrogens with one attached hydrogen (secondary N) is 1. The number of thioether (sulfide) groups is 1. The molecule has 5 nitrogen and oxygen atoms in total. The summed E-state index contributed by atoms with van der Waals surface area (Å²) in [6.07, 6.45) is 6.84. The third-order valence-corrected chi connectivity index (χ3v) is 3.70. The monoisotopic (exact) mass is 285 g/mol. The van der Waals surface area contributed by atoms with Gasteiger partial charge in [-0.25, -0.2) is 4.79 Å². The van der Waals surface area contributed by atoms with Gasteiger partial charge in [-0.2, -0.15) is 16.9 Å². The van der Waals surface area contributed by atoms with Crippen molar-refractivity contribution in [3.8, 4) is 0 Å². The zero-order valence-electron chi connectivity index (χ0n) is 11.9. The SMILES string of the molecule is CSCCCCCCNc1c(C(=O)O)c(C)nn1C. The maximum Gasteiger partial charge on any atom is 0.341 e. The van der Waals surface area contributed by atoms with E-state index in [0.717, 1.165) is 13.0 Å². The molecular formula is C13H23N3O2S. The molecule has 108 valence electrons. The second-order valence-electron chi connectivity index (χ2n) is 4.57. The Morgan fingerprint density at radius 2 is 2.05 bits per heavy atom. The summed E-state index contributed by atoms with van der Waals surface area (Å²) < 4.78 is 1.60. The number of rotatable bonds is 9.